The molecule has 0 atom stereocenters. The van der Waals surface area contributed by atoms with E-state index in [0.717, 1.165) is 62.3 Å². The van der Waals surface area contributed by atoms with Gasteiger partial charge in [0.05, 0.1) is 31.1 Å². The smallest absolute Gasteiger partial charge is 0.259 e. The highest BCUT2D eigenvalue weighted by atomic mass is 32.1. The van der Waals surface area contributed by atoms with Crippen LogP contribution in [0.5, 0.6) is 0 Å². The van der Waals surface area contributed by atoms with Crippen LogP contribution in [0.15, 0.2) is 4.79 Å². The maximum absolute atomic E-state index is 12.9. The average Bonchev–Trinajstić information content (AvgIpc) is 3.17. The predicted molar refractivity (Wildman–Crippen MR) is 119 cm³/mol. The van der Waals surface area contributed by atoms with Crippen molar-refractivity contribution in [3.8, 4) is 6.07 Å². The number of aryl methyl sites for hydroxylation is 3. The molecule has 31 heavy (non-hydrogen) atoms. The summed E-state index contributed by atoms with van der Waals surface area (Å²) < 4.78 is 5.37. The highest BCUT2D eigenvalue weighted by molar-refractivity contribution is 7.18. The molecular weight excluding hydrogens is 414 g/mol. The number of aromatic nitrogens is 2. The third kappa shape index (κ3) is 5.32. The first-order valence-corrected chi connectivity index (χ1v) is 12.0. The molecule has 2 aliphatic rings. The molecule has 0 saturated carbocycles. The first-order chi connectivity index (χ1) is 15.2. The lowest BCUT2D eigenvalue weighted by atomic mass is 9.97. The largest absolute Gasteiger partial charge is 0.379 e. The fraction of sp³-hybridized carbons (Fsp3) is 0.636. The molecule has 1 N–H and O–H groups in total. The van der Waals surface area contributed by atoms with Crippen molar-refractivity contribution in [3.63, 3.8) is 0 Å². The van der Waals surface area contributed by atoms with Gasteiger partial charge in [-0.3, -0.25) is 14.5 Å². The van der Waals surface area contributed by atoms with Crippen molar-refractivity contribution in [1.29, 1.82) is 5.26 Å². The van der Waals surface area contributed by atoms with Crippen LogP contribution in [0.3, 0.4) is 0 Å². The van der Waals surface area contributed by atoms with E-state index in [2.05, 4.69) is 20.9 Å². The Morgan fingerprint density at radius 2 is 2.06 bits per heavy atom. The molecule has 166 valence electrons. The number of amides is 1. The van der Waals surface area contributed by atoms with Gasteiger partial charge in [0.2, 0.25) is 5.91 Å². The number of nitriles is 1. The van der Waals surface area contributed by atoms with E-state index in [1.54, 1.807) is 16.2 Å². The van der Waals surface area contributed by atoms with Crippen LogP contribution in [-0.4, -0.2) is 71.6 Å². The lowest BCUT2D eigenvalue weighted by Gasteiger charge is -2.30. The van der Waals surface area contributed by atoms with Crippen LogP contribution < -0.4 is 5.56 Å². The van der Waals surface area contributed by atoms with Crippen molar-refractivity contribution in [2.24, 2.45) is 0 Å². The maximum Gasteiger partial charge on any atom is 0.259 e. The zero-order valence-corrected chi connectivity index (χ0v) is 18.6. The third-order valence-electron chi connectivity index (χ3n) is 6.09. The zero-order valence-electron chi connectivity index (χ0n) is 17.8. The molecule has 3 heterocycles. The number of aromatic amines is 1. The zero-order chi connectivity index (χ0) is 21.6. The number of ether oxygens (including phenoxy) is 1. The van der Waals surface area contributed by atoms with Crippen molar-refractivity contribution in [2.75, 3.05) is 45.9 Å². The molecule has 1 aliphatic heterocycles. The van der Waals surface area contributed by atoms with Gasteiger partial charge in [-0.2, -0.15) is 5.26 Å². The summed E-state index contributed by atoms with van der Waals surface area (Å²) in [6.45, 7) is 5.00. The summed E-state index contributed by atoms with van der Waals surface area (Å²) >= 11 is 1.63. The molecule has 0 bridgehead atoms. The number of nitrogens with one attached hydrogen (secondary N) is 1. The predicted octanol–water partition coefficient (Wildman–Crippen LogP) is 1.87. The molecule has 0 aromatic carbocycles. The molecule has 9 heteroatoms. The van der Waals surface area contributed by atoms with Gasteiger partial charge >= 0.3 is 0 Å². The Hall–Kier alpha value is -2.28. The number of H-pyrrole nitrogens is 1. The fourth-order valence-corrected chi connectivity index (χ4v) is 5.62. The van der Waals surface area contributed by atoms with Crippen LogP contribution in [0, 0.1) is 11.3 Å². The molecule has 2 aromatic rings. The molecular formula is C22H29N5O3S. The fourth-order valence-electron chi connectivity index (χ4n) is 4.34. The maximum atomic E-state index is 12.9. The van der Waals surface area contributed by atoms with Crippen LogP contribution in [0.4, 0.5) is 0 Å². The van der Waals surface area contributed by atoms with E-state index < -0.39 is 0 Å². The number of carbonyl (C=O) groups is 1. The Labute approximate surface area is 185 Å². The van der Waals surface area contributed by atoms with Crippen molar-refractivity contribution >= 4 is 27.5 Å². The summed E-state index contributed by atoms with van der Waals surface area (Å²) in [5.74, 6) is 0.564. The Morgan fingerprint density at radius 1 is 1.26 bits per heavy atom. The Morgan fingerprint density at radius 3 is 2.87 bits per heavy atom. The molecule has 2 aromatic heterocycles. The molecule has 8 nitrogen and oxygen atoms in total. The van der Waals surface area contributed by atoms with Crippen LogP contribution in [0.1, 0.15) is 41.9 Å². The molecule has 1 saturated heterocycles. The number of nitrogens with zero attached hydrogens (tertiary/aromatic N) is 4. The number of carbonyl (C=O) groups excluding carboxylic acids is 1. The monoisotopic (exact) mass is 443 g/mol. The van der Waals surface area contributed by atoms with E-state index in [9.17, 15) is 9.59 Å². The van der Waals surface area contributed by atoms with Gasteiger partial charge in [-0.25, -0.2) is 4.98 Å². The van der Waals surface area contributed by atoms with Gasteiger partial charge in [-0.1, -0.05) is 0 Å². The number of hydrogen-bond donors (Lipinski definition) is 1. The summed E-state index contributed by atoms with van der Waals surface area (Å²) in [5, 5.41) is 9.71. The SMILES string of the molecule is N#CCCN(CCN1CCOCC1)C(=O)CCc1nc2sc3c(c2c(=O)[nH]1)CCCC3. The van der Waals surface area contributed by atoms with Crippen molar-refractivity contribution in [2.45, 2.75) is 44.9 Å². The van der Waals surface area contributed by atoms with Gasteiger partial charge in [0.25, 0.3) is 5.56 Å². The molecule has 1 fully saturated rings. The summed E-state index contributed by atoms with van der Waals surface area (Å²) in [5.41, 5.74) is 1.09. The highest BCUT2D eigenvalue weighted by Gasteiger charge is 2.21. The van der Waals surface area contributed by atoms with E-state index in [1.807, 2.05) is 0 Å². The van der Waals surface area contributed by atoms with Crippen molar-refractivity contribution in [3.05, 3.63) is 26.6 Å². The van der Waals surface area contributed by atoms with Gasteiger partial charge in [-0.05, 0) is 31.2 Å². The molecule has 0 radical (unpaired) electrons. The average molecular weight is 444 g/mol. The minimum Gasteiger partial charge on any atom is -0.379 e. The van der Waals surface area contributed by atoms with Gasteiger partial charge in [0.1, 0.15) is 10.7 Å². The van der Waals surface area contributed by atoms with Crippen LogP contribution in [0.25, 0.3) is 10.2 Å². The number of hydrogen-bond acceptors (Lipinski definition) is 7. The van der Waals surface area contributed by atoms with Gasteiger partial charge < -0.3 is 14.6 Å². The van der Waals surface area contributed by atoms with E-state index in [0.29, 0.717) is 31.8 Å². The number of thiophene rings is 1. The summed E-state index contributed by atoms with van der Waals surface area (Å²) in [4.78, 5) is 39.3. The molecule has 1 aliphatic carbocycles. The molecule has 4 rings (SSSR count). The second-order valence-electron chi connectivity index (χ2n) is 8.15. The first-order valence-electron chi connectivity index (χ1n) is 11.1. The lowest BCUT2D eigenvalue weighted by molar-refractivity contribution is -0.131. The standard InChI is InChI=1S/C22H29N5O3S/c23-8-3-9-27(11-10-26-12-14-30-15-13-26)19(28)7-6-18-24-21(29)20-16-4-1-2-5-17(16)31-22(20)25-18/h1-7,9-15H2,(H,24,25,29). The van der Waals surface area contributed by atoms with Crippen molar-refractivity contribution in [1.82, 2.24) is 19.8 Å². The van der Waals surface area contributed by atoms with Gasteiger partial charge in [0, 0.05) is 50.4 Å². The van der Waals surface area contributed by atoms with Crippen molar-refractivity contribution < 1.29 is 9.53 Å². The second-order valence-corrected chi connectivity index (χ2v) is 9.23. The van der Waals surface area contributed by atoms with Crippen LogP contribution in [-0.2, 0) is 28.8 Å². The van der Waals surface area contributed by atoms with Crippen LogP contribution in [0.2, 0.25) is 0 Å². The quantitative estimate of drug-likeness (QED) is 0.668. The Balaban J connectivity index is 1.39. The minimum absolute atomic E-state index is 0.00303. The Bertz CT molecular complexity index is 1020. The lowest BCUT2D eigenvalue weighted by Crippen LogP contribution is -2.43. The third-order valence-corrected chi connectivity index (χ3v) is 7.27. The molecule has 1 amide bonds. The normalized spacial score (nSPS) is 16.7. The van der Waals surface area contributed by atoms with E-state index in [1.165, 1.54) is 16.9 Å². The summed E-state index contributed by atoms with van der Waals surface area (Å²) in [7, 11) is 0. The summed E-state index contributed by atoms with van der Waals surface area (Å²) in [6, 6.07) is 2.13. The number of fused-ring (bicyclic) bond motifs is 3. The number of rotatable bonds is 8. The van der Waals surface area contributed by atoms with Gasteiger partial charge in [0.15, 0.2) is 0 Å². The van der Waals surface area contributed by atoms with Gasteiger partial charge in [-0.15, -0.1) is 11.3 Å². The second kappa shape index (κ2) is 10.4. The minimum atomic E-state index is -0.0829. The first kappa shape index (κ1) is 21.9. The van der Waals surface area contributed by atoms with Crippen LogP contribution >= 0.6 is 11.3 Å². The Kier molecular flexibility index (Phi) is 7.33. The number of morpholine rings is 1. The molecule has 0 spiro atoms. The molecule has 0 unspecified atom stereocenters. The van der Waals surface area contributed by atoms with E-state index in [4.69, 9.17) is 10.00 Å². The van der Waals surface area contributed by atoms with E-state index in [-0.39, 0.29) is 17.9 Å². The summed E-state index contributed by atoms with van der Waals surface area (Å²) in [6.07, 6.45) is 5.26. The topological polar surface area (TPSA) is 102 Å². The highest BCUT2D eigenvalue weighted by Crippen LogP contribution is 2.33. The van der Waals surface area contributed by atoms with E-state index >= 15 is 0 Å².